The van der Waals surface area contributed by atoms with E-state index in [-0.39, 0.29) is 24.2 Å². The first-order chi connectivity index (χ1) is 17.1. The van der Waals surface area contributed by atoms with Crippen LogP contribution < -0.4 is 10.2 Å². The summed E-state index contributed by atoms with van der Waals surface area (Å²) < 4.78 is 6.33. The van der Waals surface area contributed by atoms with E-state index in [2.05, 4.69) is 33.1 Å². The number of carbonyl (C=O) groups is 1. The van der Waals surface area contributed by atoms with Gasteiger partial charge in [0.15, 0.2) is 0 Å². The number of pyridine rings is 1. The number of nitriles is 1. The lowest BCUT2D eigenvalue weighted by atomic mass is 10.0. The van der Waals surface area contributed by atoms with Gasteiger partial charge in [-0.15, -0.1) is 0 Å². The van der Waals surface area contributed by atoms with E-state index in [0.717, 1.165) is 62.2 Å². The van der Waals surface area contributed by atoms with E-state index in [1.165, 1.54) is 0 Å². The normalized spacial score (nSPS) is 21.5. The van der Waals surface area contributed by atoms with Gasteiger partial charge in [0.1, 0.15) is 6.07 Å². The van der Waals surface area contributed by atoms with Gasteiger partial charge >= 0.3 is 0 Å². The van der Waals surface area contributed by atoms with E-state index in [1.807, 2.05) is 54.6 Å². The summed E-state index contributed by atoms with van der Waals surface area (Å²) in [5.74, 6) is 0.00765. The third-order valence-corrected chi connectivity index (χ3v) is 6.95. The Morgan fingerprint density at radius 2 is 1.91 bits per heavy atom. The van der Waals surface area contributed by atoms with Gasteiger partial charge in [0.25, 0.3) is 5.91 Å². The Labute approximate surface area is 206 Å². The van der Waals surface area contributed by atoms with Crippen molar-refractivity contribution in [3.8, 4) is 6.07 Å². The van der Waals surface area contributed by atoms with Crippen LogP contribution >= 0.6 is 0 Å². The number of morpholine rings is 1. The number of fused-ring (bicyclic) bond motifs is 1. The highest BCUT2D eigenvalue weighted by molar-refractivity contribution is 5.95. The summed E-state index contributed by atoms with van der Waals surface area (Å²) in [6, 6.07) is 19.8. The van der Waals surface area contributed by atoms with Crippen molar-refractivity contribution in [3.63, 3.8) is 0 Å². The van der Waals surface area contributed by atoms with Crippen molar-refractivity contribution in [2.75, 3.05) is 37.6 Å². The second-order valence-electron chi connectivity index (χ2n) is 9.53. The molecule has 35 heavy (non-hydrogen) atoms. The minimum atomic E-state index is 0.00765. The number of amides is 1. The average Bonchev–Trinajstić information content (AvgIpc) is 2.89. The molecule has 1 N–H and O–H groups in total. The molecule has 7 nitrogen and oxygen atoms in total. The van der Waals surface area contributed by atoms with E-state index in [4.69, 9.17) is 4.74 Å². The predicted molar refractivity (Wildman–Crippen MR) is 136 cm³/mol. The third kappa shape index (κ3) is 5.29. The molecule has 0 unspecified atom stereocenters. The fraction of sp³-hybridized carbons (Fsp3) is 0.393. The molecular formula is C28H31N5O2. The van der Waals surface area contributed by atoms with Gasteiger partial charge < -0.3 is 19.9 Å². The third-order valence-electron chi connectivity index (χ3n) is 6.95. The molecule has 2 atom stereocenters. The van der Waals surface area contributed by atoms with Crippen LogP contribution in [-0.2, 0) is 4.74 Å². The molecule has 5 rings (SSSR count). The number of likely N-dealkylation sites (tertiary alicyclic amines) is 1. The van der Waals surface area contributed by atoms with E-state index in [0.29, 0.717) is 11.1 Å². The number of piperidine rings is 1. The quantitative estimate of drug-likeness (QED) is 0.615. The molecule has 2 saturated heterocycles. The van der Waals surface area contributed by atoms with Crippen molar-refractivity contribution < 1.29 is 9.53 Å². The second-order valence-corrected chi connectivity index (χ2v) is 9.53. The lowest BCUT2D eigenvalue weighted by molar-refractivity contribution is -0.0351. The molecule has 7 heteroatoms. The number of ether oxygens (including phenoxy) is 1. The molecule has 1 aromatic heterocycles. The highest BCUT2D eigenvalue weighted by atomic mass is 16.5. The molecule has 3 heterocycles. The van der Waals surface area contributed by atoms with Crippen LogP contribution in [-0.4, -0.2) is 66.8 Å². The second kappa shape index (κ2) is 10.4. The molecule has 2 aliphatic heterocycles. The van der Waals surface area contributed by atoms with Crippen molar-refractivity contribution in [2.45, 2.75) is 38.0 Å². The summed E-state index contributed by atoms with van der Waals surface area (Å²) in [6.07, 6.45) is 3.83. The first-order valence-corrected chi connectivity index (χ1v) is 12.4. The largest absolute Gasteiger partial charge is 0.370 e. The molecule has 2 aromatic carbocycles. The molecule has 0 aliphatic carbocycles. The number of hydrogen-bond donors (Lipinski definition) is 1. The van der Waals surface area contributed by atoms with Crippen LogP contribution in [0.1, 0.15) is 35.7 Å². The Morgan fingerprint density at radius 3 is 2.69 bits per heavy atom. The van der Waals surface area contributed by atoms with Crippen molar-refractivity contribution in [1.82, 2.24) is 15.2 Å². The maximum atomic E-state index is 12.5. The lowest BCUT2D eigenvalue weighted by Gasteiger charge is -2.41. The zero-order valence-electron chi connectivity index (χ0n) is 20.1. The van der Waals surface area contributed by atoms with Gasteiger partial charge in [-0.1, -0.05) is 18.2 Å². The van der Waals surface area contributed by atoms with Crippen molar-refractivity contribution in [2.24, 2.45) is 0 Å². The van der Waals surface area contributed by atoms with Gasteiger partial charge in [-0.05, 0) is 56.2 Å². The van der Waals surface area contributed by atoms with Crippen LogP contribution in [0.3, 0.4) is 0 Å². The molecule has 0 bridgehead atoms. The molecule has 2 fully saturated rings. The maximum Gasteiger partial charge on any atom is 0.251 e. The Morgan fingerprint density at radius 1 is 1.11 bits per heavy atom. The van der Waals surface area contributed by atoms with E-state index >= 15 is 0 Å². The minimum Gasteiger partial charge on any atom is -0.370 e. The van der Waals surface area contributed by atoms with Crippen LogP contribution in [0.25, 0.3) is 10.9 Å². The lowest BCUT2D eigenvalue weighted by Crippen LogP contribution is -2.53. The molecule has 0 radical (unpaired) electrons. The average molecular weight is 470 g/mol. The summed E-state index contributed by atoms with van der Waals surface area (Å²) >= 11 is 0. The number of rotatable bonds is 5. The Kier molecular flexibility index (Phi) is 6.94. The standard InChI is InChI=1S/C28H31N5O2/c1-20-17-33(26-10-9-22(16-29)27-25(26)8-5-13-30-27)19-24(35-20)18-32-14-11-23(12-15-32)31-28(34)21-6-3-2-4-7-21/h2-10,13,20,23-24H,11-12,14-15,17-19H2,1H3,(H,31,34)/t20-,24+/m1/s1. The number of benzene rings is 2. The summed E-state index contributed by atoms with van der Waals surface area (Å²) in [5.41, 5.74) is 3.17. The first-order valence-electron chi connectivity index (χ1n) is 12.4. The fourth-order valence-corrected chi connectivity index (χ4v) is 5.27. The molecule has 2 aliphatic rings. The van der Waals surface area contributed by atoms with Crippen LogP contribution in [0, 0.1) is 11.3 Å². The number of carbonyl (C=O) groups excluding carboxylic acids is 1. The first kappa shape index (κ1) is 23.3. The van der Waals surface area contributed by atoms with Gasteiger partial charge in [-0.25, -0.2) is 0 Å². The highest BCUT2D eigenvalue weighted by Gasteiger charge is 2.30. The fourth-order valence-electron chi connectivity index (χ4n) is 5.27. The topological polar surface area (TPSA) is 81.5 Å². The maximum absolute atomic E-state index is 12.5. The number of aromatic nitrogens is 1. The van der Waals surface area contributed by atoms with Gasteiger partial charge in [-0.2, -0.15) is 5.26 Å². The molecule has 180 valence electrons. The van der Waals surface area contributed by atoms with Crippen LogP contribution in [0.15, 0.2) is 60.8 Å². The van der Waals surface area contributed by atoms with Crippen LogP contribution in [0.4, 0.5) is 5.69 Å². The van der Waals surface area contributed by atoms with Crippen molar-refractivity contribution in [1.29, 1.82) is 5.26 Å². The molecule has 0 saturated carbocycles. The monoisotopic (exact) mass is 469 g/mol. The van der Waals surface area contributed by atoms with Crippen LogP contribution in [0.2, 0.25) is 0 Å². The van der Waals surface area contributed by atoms with Crippen molar-refractivity contribution in [3.05, 3.63) is 71.9 Å². The smallest absolute Gasteiger partial charge is 0.251 e. The molecule has 1 amide bonds. The number of anilines is 1. The van der Waals surface area contributed by atoms with E-state index < -0.39 is 0 Å². The SMILES string of the molecule is C[C@@H]1CN(c2ccc(C#N)c3ncccc23)C[C@H](CN2CCC(NC(=O)c3ccccc3)CC2)O1. The zero-order valence-corrected chi connectivity index (χ0v) is 20.1. The Balaban J connectivity index is 1.20. The highest BCUT2D eigenvalue weighted by Crippen LogP contribution is 2.30. The molecule has 3 aromatic rings. The minimum absolute atomic E-state index is 0.00765. The zero-order chi connectivity index (χ0) is 24.2. The summed E-state index contributed by atoms with van der Waals surface area (Å²) in [6.45, 7) is 6.47. The van der Waals surface area contributed by atoms with E-state index in [9.17, 15) is 10.1 Å². The van der Waals surface area contributed by atoms with Crippen molar-refractivity contribution >= 4 is 22.5 Å². The van der Waals surface area contributed by atoms with Gasteiger partial charge in [0.05, 0.1) is 23.3 Å². The summed E-state index contributed by atoms with van der Waals surface area (Å²) in [4.78, 5) is 21.8. The number of nitrogens with one attached hydrogen (secondary N) is 1. The Bertz CT molecular complexity index is 1220. The molecular weight excluding hydrogens is 438 g/mol. The number of nitrogens with zero attached hydrogens (tertiary/aromatic N) is 4. The van der Waals surface area contributed by atoms with E-state index in [1.54, 1.807) is 6.20 Å². The Hall–Kier alpha value is -3.47. The van der Waals surface area contributed by atoms with Gasteiger partial charge in [-0.3, -0.25) is 9.78 Å². The van der Waals surface area contributed by atoms with Gasteiger partial charge in [0, 0.05) is 61.6 Å². The van der Waals surface area contributed by atoms with Crippen LogP contribution in [0.5, 0.6) is 0 Å². The van der Waals surface area contributed by atoms with Gasteiger partial charge in [0.2, 0.25) is 0 Å². The predicted octanol–water partition coefficient (Wildman–Crippen LogP) is 3.59. The number of hydrogen-bond acceptors (Lipinski definition) is 6. The molecule has 0 spiro atoms. The summed E-state index contributed by atoms with van der Waals surface area (Å²) in [7, 11) is 0. The summed E-state index contributed by atoms with van der Waals surface area (Å²) in [5, 5.41) is 13.7.